The number of hydrogen-bond acceptors (Lipinski definition) is 3. The van der Waals surface area contributed by atoms with Crippen LogP contribution < -0.4 is 5.73 Å². The van der Waals surface area contributed by atoms with Crippen LogP contribution in [0.4, 0.5) is 9.18 Å². The van der Waals surface area contributed by atoms with Crippen molar-refractivity contribution in [1.82, 2.24) is 4.90 Å². The Morgan fingerprint density at radius 2 is 1.95 bits per heavy atom. The lowest BCUT2D eigenvalue weighted by atomic mass is 10.0. The van der Waals surface area contributed by atoms with E-state index in [0.29, 0.717) is 13.0 Å². The van der Waals surface area contributed by atoms with Crippen molar-refractivity contribution < 1.29 is 13.9 Å². The summed E-state index contributed by atoms with van der Waals surface area (Å²) in [4.78, 5) is 13.9. The second-order valence-electron chi connectivity index (χ2n) is 6.12. The molecule has 20 heavy (non-hydrogen) atoms. The molecule has 0 aliphatic carbocycles. The zero-order chi connectivity index (χ0) is 14.9. The number of rotatable bonds is 1. The van der Waals surface area contributed by atoms with Crippen molar-refractivity contribution >= 4 is 6.09 Å². The summed E-state index contributed by atoms with van der Waals surface area (Å²) < 4.78 is 18.4. The second-order valence-corrected chi connectivity index (χ2v) is 6.12. The molecule has 1 aliphatic heterocycles. The van der Waals surface area contributed by atoms with E-state index in [-0.39, 0.29) is 24.0 Å². The number of halogens is 1. The SMILES string of the molecule is CC(C)(C)OC(=O)N1CC[C@H](N)[C@@H]1c1ccc(F)cc1. The Balaban J connectivity index is 2.20. The van der Waals surface area contributed by atoms with E-state index in [4.69, 9.17) is 10.5 Å². The van der Waals surface area contributed by atoms with Crippen LogP contribution in [0.3, 0.4) is 0 Å². The van der Waals surface area contributed by atoms with Crippen LogP contribution in [0.15, 0.2) is 24.3 Å². The van der Waals surface area contributed by atoms with Crippen LogP contribution in [-0.2, 0) is 4.74 Å². The topological polar surface area (TPSA) is 55.6 Å². The molecule has 1 aliphatic rings. The number of benzene rings is 1. The van der Waals surface area contributed by atoms with Crippen LogP contribution in [0, 0.1) is 5.82 Å². The maximum absolute atomic E-state index is 13.0. The maximum Gasteiger partial charge on any atom is 0.410 e. The number of nitrogens with two attached hydrogens (primary N) is 1. The molecule has 1 aromatic carbocycles. The highest BCUT2D eigenvalue weighted by atomic mass is 19.1. The third-order valence-corrected chi connectivity index (χ3v) is 3.28. The summed E-state index contributed by atoms with van der Waals surface area (Å²) in [6.45, 7) is 6.04. The van der Waals surface area contributed by atoms with E-state index in [1.165, 1.54) is 12.1 Å². The van der Waals surface area contributed by atoms with E-state index >= 15 is 0 Å². The van der Waals surface area contributed by atoms with Crippen molar-refractivity contribution in [3.05, 3.63) is 35.6 Å². The van der Waals surface area contributed by atoms with Gasteiger partial charge >= 0.3 is 6.09 Å². The Labute approximate surface area is 118 Å². The van der Waals surface area contributed by atoms with Crippen LogP contribution in [0.1, 0.15) is 38.8 Å². The molecule has 4 nitrogen and oxygen atoms in total. The molecule has 2 rings (SSSR count). The van der Waals surface area contributed by atoms with Gasteiger partial charge in [-0.1, -0.05) is 12.1 Å². The van der Waals surface area contributed by atoms with Gasteiger partial charge < -0.3 is 10.5 Å². The first-order valence-corrected chi connectivity index (χ1v) is 6.78. The molecule has 1 aromatic rings. The Morgan fingerprint density at radius 1 is 1.35 bits per heavy atom. The Hall–Kier alpha value is -1.62. The number of ether oxygens (including phenoxy) is 1. The first-order valence-electron chi connectivity index (χ1n) is 6.78. The third-order valence-electron chi connectivity index (χ3n) is 3.28. The van der Waals surface area contributed by atoms with Gasteiger partial charge in [0, 0.05) is 12.6 Å². The van der Waals surface area contributed by atoms with Crippen molar-refractivity contribution in [3.63, 3.8) is 0 Å². The summed E-state index contributed by atoms with van der Waals surface area (Å²) >= 11 is 0. The van der Waals surface area contributed by atoms with Crippen molar-refractivity contribution in [2.45, 2.75) is 44.9 Å². The average molecular weight is 280 g/mol. The smallest absolute Gasteiger partial charge is 0.410 e. The van der Waals surface area contributed by atoms with Gasteiger partial charge in [0.05, 0.1) is 6.04 Å². The molecular weight excluding hydrogens is 259 g/mol. The number of likely N-dealkylation sites (tertiary alicyclic amines) is 1. The van der Waals surface area contributed by atoms with Gasteiger partial charge in [0.2, 0.25) is 0 Å². The predicted octanol–water partition coefficient (Wildman–Crippen LogP) is 2.83. The minimum atomic E-state index is -0.545. The normalized spacial score (nSPS) is 22.9. The van der Waals surface area contributed by atoms with Gasteiger partial charge in [-0.15, -0.1) is 0 Å². The fraction of sp³-hybridized carbons (Fsp3) is 0.533. The highest BCUT2D eigenvalue weighted by Gasteiger charge is 2.38. The highest BCUT2D eigenvalue weighted by Crippen LogP contribution is 2.32. The fourth-order valence-corrected chi connectivity index (χ4v) is 2.43. The molecule has 2 atom stereocenters. The quantitative estimate of drug-likeness (QED) is 0.860. The zero-order valence-electron chi connectivity index (χ0n) is 12.1. The number of carbonyl (C=O) groups excluding carboxylic acids is 1. The first-order chi connectivity index (χ1) is 9.28. The van der Waals surface area contributed by atoms with E-state index in [1.54, 1.807) is 17.0 Å². The van der Waals surface area contributed by atoms with Gasteiger partial charge in [0.25, 0.3) is 0 Å². The van der Waals surface area contributed by atoms with Crippen molar-refractivity contribution in [3.8, 4) is 0 Å². The van der Waals surface area contributed by atoms with Gasteiger partial charge in [-0.25, -0.2) is 9.18 Å². The van der Waals surface area contributed by atoms with E-state index in [0.717, 1.165) is 5.56 Å². The Bertz CT molecular complexity index is 482. The first kappa shape index (κ1) is 14.8. The largest absolute Gasteiger partial charge is 0.444 e. The predicted molar refractivity (Wildman–Crippen MR) is 74.7 cm³/mol. The van der Waals surface area contributed by atoms with Crippen LogP contribution in [0.25, 0.3) is 0 Å². The van der Waals surface area contributed by atoms with Gasteiger partial charge in [-0.3, -0.25) is 4.90 Å². The molecule has 1 heterocycles. The van der Waals surface area contributed by atoms with E-state index in [2.05, 4.69) is 0 Å². The maximum atomic E-state index is 13.0. The molecule has 2 N–H and O–H groups in total. The molecule has 0 spiro atoms. The molecule has 1 fully saturated rings. The minimum absolute atomic E-state index is 0.159. The lowest BCUT2D eigenvalue weighted by Gasteiger charge is -2.30. The molecule has 0 aromatic heterocycles. The van der Waals surface area contributed by atoms with Crippen molar-refractivity contribution in [1.29, 1.82) is 0 Å². The second kappa shape index (κ2) is 5.40. The molecule has 5 heteroatoms. The summed E-state index contributed by atoms with van der Waals surface area (Å²) in [5.41, 5.74) is 6.39. The molecule has 110 valence electrons. The summed E-state index contributed by atoms with van der Waals surface area (Å²) in [7, 11) is 0. The summed E-state index contributed by atoms with van der Waals surface area (Å²) in [5, 5.41) is 0. The van der Waals surface area contributed by atoms with Gasteiger partial charge in [0.15, 0.2) is 0 Å². The minimum Gasteiger partial charge on any atom is -0.444 e. The highest BCUT2D eigenvalue weighted by molar-refractivity contribution is 5.69. The Kier molecular flexibility index (Phi) is 3.99. The van der Waals surface area contributed by atoms with Crippen LogP contribution in [0.2, 0.25) is 0 Å². The van der Waals surface area contributed by atoms with Crippen LogP contribution in [-0.4, -0.2) is 29.2 Å². The monoisotopic (exact) mass is 280 g/mol. The molecule has 0 bridgehead atoms. The van der Waals surface area contributed by atoms with Gasteiger partial charge in [-0.05, 0) is 44.9 Å². The number of amides is 1. The molecule has 1 saturated heterocycles. The Morgan fingerprint density at radius 3 is 2.50 bits per heavy atom. The molecule has 1 amide bonds. The average Bonchev–Trinajstić information content (AvgIpc) is 2.70. The molecular formula is C15H21FN2O2. The lowest BCUT2D eigenvalue weighted by molar-refractivity contribution is 0.0218. The standard InChI is InChI=1S/C15H21FN2O2/c1-15(2,3)20-14(19)18-9-8-12(17)13(18)10-4-6-11(16)7-5-10/h4-7,12-13H,8-9,17H2,1-3H3/t12-,13-/m0/s1. The van der Waals surface area contributed by atoms with E-state index < -0.39 is 5.60 Å². The van der Waals surface area contributed by atoms with Crippen molar-refractivity contribution in [2.75, 3.05) is 6.54 Å². The van der Waals surface area contributed by atoms with E-state index in [9.17, 15) is 9.18 Å². The molecule has 0 saturated carbocycles. The summed E-state index contributed by atoms with van der Waals surface area (Å²) in [6.07, 6.45) is 0.334. The molecule has 0 radical (unpaired) electrons. The van der Waals surface area contributed by atoms with E-state index in [1.807, 2.05) is 20.8 Å². The van der Waals surface area contributed by atoms with Gasteiger partial charge in [0.1, 0.15) is 11.4 Å². The summed E-state index contributed by atoms with van der Waals surface area (Å²) in [5.74, 6) is -0.302. The van der Waals surface area contributed by atoms with Crippen molar-refractivity contribution in [2.24, 2.45) is 5.73 Å². The number of carbonyl (C=O) groups is 1. The number of nitrogens with zero attached hydrogens (tertiary/aromatic N) is 1. The van der Waals surface area contributed by atoms with Gasteiger partial charge in [-0.2, -0.15) is 0 Å². The summed E-state index contributed by atoms with van der Waals surface area (Å²) in [6, 6.07) is 5.69. The molecule has 0 unspecified atom stereocenters. The van der Waals surface area contributed by atoms with Crippen LogP contribution >= 0.6 is 0 Å². The zero-order valence-corrected chi connectivity index (χ0v) is 12.1. The number of hydrogen-bond donors (Lipinski definition) is 1. The third kappa shape index (κ3) is 3.28. The lowest BCUT2D eigenvalue weighted by Crippen LogP contribution is -2.39. The van der Waals surface area contributed by atoms with Crippen LogP contribution in [0.5, 0.6) is 0 Å². The fourth-order valence-electron chi connectivity index (χ4n) is 2.43.